The molecule has 0 saturated carbocycles. The van der Waals surface area contributed by atoms with Crippen molar-refractivity contribution in [2.45, 2.75) is 18.9 Å². The van der Waals surface area contributed by atoms with Crippen LogP contribution in [0.2, 0.25) is 0 Å². The molecule has 0 aliphatic carbocycles. The van der Waals surface area contributed by atoms with E-state index in [0.29, 0.717) is 17.7 Å². The van der Waals surface area contributed by atoms with Crippen molar-refractivity contribution in [2.75, 3.05) is 19.6 Å². The largest absolute Gasteiger partial charge is 0.350 e. The Balaban J connectivity index is 1.68. The lowest BCUT2D eigenvalue weighted by Gasteiger charge is -2.26. The highest BCUT2D eigenvalue weighted by molar-refractivity contribution is 7.10. The summed E-state index contributed by atoms with van der Waals surface area (Å²) in [4.78, 5) is 16.1. The number of likely N-dealkylation sites (tertiary alicyclic amines) is 1. The molecular weight excluding hydrogens is 306 g/mol. The SMILES string of the molecule is N#Cc1cccc(C(=O)NCC(c2cccs2)N2CCCC2)c1. The summed E-state index contributed by atoms with van der Waals surface area (Å²) in [6, 6.07) is 13.3. The smallest absolute Gasteiger partial charge is 0.251 e. The van der Waals surface area contributed by atoms with Gasteiger partial charge >= 0.3 is 0 Å². The highest BCUT2D eigenvalue weighted by Crippen LogP contribution is 2.27. The molecule has 1 atom stereocenters. The van der Waals surface area contributed by atoms with Crippen LogP contribution in [0.3, 0.4) is 0 Å². The molecule has 1 aliphatic heterocycles. The standard InChI is InChI=1S/C18H19N3OS/c19-12-14-5-3-6-15(11-14)18(22)20-13-16(17-7-4-10-23-17)21-8-1-2-9-21/h3-7,10-11,16H,1-2,8-9,13H2,(H,20,22). The summed E-state index contributed by atoms with van der Waals surface area (Å²) in [5, 5.41) is 14.1. The summed E-state index contributed by atoms with van der Waals surface area (Å²) in [5.41, 5.74) is 1.04. The van der Waals surface area contributed by atoms with Crippen molar-refractivity contribution in [3.63, 3.8) is 0 Å². The van der Waals surface area contributed by atoms with E-state index in [1.165, 1.54) is 17.7 Å². The topological polar surface area (TPSA) is 56.1 Å². The van der Waals surface area contributed by atoms with Crippen molar-refractivity contribution in [1.82, 2.24) is 10.2 Å². The molecule has 5 heteroatoms. The summed E-state index contributed by atoms with van der Waals surface area (Å²) < 4.78 is 0. The van der Waals surface area contributed by atoms with Gasteiger partial charge in [0.25, 0.3) is 5.91 Å². The minimum absolute atomic E-state index is 0.122. The fraction of sp³-hybridized carbons (Fsp3) is 0.333. The zero-order valence-electron chi connectivity index (χ0n) is 12.9. The minimum Gasteiger partial charge on any atom is -0.350 e. The number of hydrogen-bond donors (Lipinski definition) is 1. The number of hydrogen-bond acceptors (Lipinski definition) is 4. The summed E-state index contributed by atoms with van der Waals surface area (Å²) >= 11 is 1.74. The van der Waals surface area contributed by atoms with Crippen molar-refractivity contribution in [3.8, 4) is 6.07 Å². The van der Waals surface area contributed by atoms with Gasteiger partial charge in [-0.05, 0) is 55.6 Å². The predicted molar refractivity (Wildman–Crippen MR) is 91.4 cm³/mol. The van der Waals surface area contributed by atoms with Gasteiger partial charge < -0.3 is 5.32 Å². The number of thiophene rings is 1. The molecule has 1 unspecified atom stereocenters. The van der Waals surface area contributed by atoms with Crippen LogP contribution in [0.25, 0.3) is 0 Å². The first-order valence-electron chi connectivity index (χ1n) is 7.84. The van der Waals surface area contributed by atoms with Crippen LogP contribution < -0.4 is 5.32 Å². The molecule has 0 spiro atoms. The highest BCUT2D eigenvalue weighted by Gasteiger charge is 2.24. The van der Waals surface area contributed by atoms with E-state index in [0.717, 1.165) is 13.1 Å². The van der Waals surface area contributed by atoms with E-state index in [4.69, 9.17) is 5.26 Å². The number of rotatable bonds is 5. The van der Waals surface area contributed by atoms with E-state index in [2.05, 4.69) is 33.8 Å². The molecule has 23 heavy (non-hydrogen) atoms. The summed E-state index contributed by atoms with van der Waals surface area (Å²) in [6.45, 7) is 2.76. The Morgan fingerprint density at radius 1 is 1.30 bits per heavy atom. The van der Waals surface area contributed by atoms with Crippen molar-refractivity contribution in [2.24, 2.45) is 0 Å². The van der Waals surface area contributed by atoms with E-state index < -0.39 is 0 Å². The van der Waals surface area contributed by atoms with E-state index in [1.54, 1.807) is 35.6 Å². The third kappa shape index (κ3) is 3.79. The molecule has 2 aromatic rings. The second kappa shape index (κ2) is 7.40. The maximum atomic E-state index is 12.4. The van der Waals surface area contributed by atoms with Crippen LogP contribution >= 0.6 is 11.3 Å². The van der Waals surface area contributed by atoms with Gasteiger partial charge in [-0.1, -0.05) is 12.1 Å². The van der Waals surface area contributed by atoms with Gasteiger partial charge in [-0.3, -0.25) is 9.69 Å². The minimum atomic E-state index is -0.122. The van der Waals surface area contributed by atoms with Crippen LogP contribution in [-0.4, -0.2) is 30.4 Å². The number of nitrogens with one attached hydrogen (secondary N) is 1. The van der Waals surface area contributed by atoms with Crippen molar-refractivity contribution < 1.29 is 4.79 Å². The fourth-order valence-electron chi connectivity index (χ4n) is 2.97. The van der Waals surface area contributed by atoms with E-state index >= 15 is 0 Å². The number of nitrogens with zero attached hydrogens (tertiary/aromatic N) is 2. The third-order valence-electron chi connectivity index (χ3n) is 4.16. The van der Waals surface area contributed by atoms with Gasteiger partial charge in [-0.25, -0.2) is 0 Å². The van der Waals surface area contributed by atoms with Crippen molar-refractivity contribution in [3.05, 3.63) is 57.8 Å². The lowest BCUT2D eigenvalue weighted by Crippen LogP contribution is -2.36. The van der Waals surface area contributed by atoms with Crippen LogP contribution in [0.4, 0.5) is 0 Å². The van der Waals surface area contributed by atoms with Crippen LogP contribution in [0.15, 0.2) is 41.8 Å². The molecule has 4 nitrogen and oxygen atoms in total. The van der Waals surface area contributed by atoms with Crippen molar-refractivity contribution in [1.29, 1.82) is 5.26 Å². The van der Waals surface area contributed by atoms with E-state index in [-0.39, 0.29) is 11.9 Å². The second-order valence-corrected chi connectivity index (χ2v) is 6.66. The Kier molecular flexibility index (Phi) is 5.06. The lowest BCUT2D eigenvalue weighted by atomic mass is 10.1. The molecule has 0 bridgehead atoms. The summed E-state index contributed by atoms with van der Waals surface area (Å²) in [5.74, 6) is -0.122. The Morgan fingerprint density at radius 2 is 2.13 bits per heavy atom. The normalized spacial score (nSPS) is 16.0. The van der Waals surface area contributed by atoms with Gasteiger partial charge in [0.15, 0.2) is 0 Å². The maximum absolute atomic E-state index is 12.4. The van der Waals surface area contributed by atoms with Gasteiger partial charge in [-0.15, -0.1) is 11.3 Å². The molecule has 1 aliphatic rings. The average Bonchev–Trinajstić information content (AvgIpc) is 3.29. The Bertz CT molecular complexity index is 699. The van der Waals surface area contributed by atoms with Gasteiger partial charge in [0, 0.05) is 17.0 Å². The average molecular weight is 325 g/mol. The van der Waals surface area contributed by atoms with Gasteiger partial charge in [0.05, 0.1) is 17.7 Å². The molecule has 1 amide bonds. The molecule has 1 saturated heterocycles. The molecule has 3 rings (SSSR count). The molecule has 0 radical (unpaired) electrons. The maximum Gasteiger partial charge on any atom is 0.251 e. The van der Waals surface area contributed by atoms with E-state index in [1.807, 2.05) is 0 Å². The molecule has 1 fully saturated rings. The monoisotopic (exact) mass is 325 g/mol. The zero-order chi connectivity index (χ0) is 16.1. The molecular formula is C18H19N3OS. The highest BCUT2D eigenvalue weighted by atomic mass is 32.1. The van der Waals surface area contributed by atoms with Crippen LogP contribution in [0.5, 0.6) is 0 Å². The number of benzene rings is 1. The lowest BCUT2D eigenvalue weighted by molar-refractivity contribution is 0.0938. The Hall–Kier alpha value is -2.16. The van der Waals surface area contributed by atoms with Crippen LogP contribution in [0.1, 0.15) is 39.7 Å². The number of amides is 1. The Morgan fingerprint density at radius 3 is 2.83 bits per heavy atom. The molecule has 1 aromatic carbocycles. The number of nitriles is 1. The first kappa shape index (κ1) is 15.7. The number of carbonyl (C=O) groups excluding carboxylic acids is 1. The Labute approximate surface area is 140 Å². The number of carbonyl (C=O) groups is 1. The van der Waals surface area contributed by atoms with Crippen molar-refractivity contribution >= 4 is 17.2 Å². The zero-order valence-corrected chi connectivity index (χ0v) is 13.7. The molecule has 118 valence electrons. The predicted octanol–water partition coefficient (Wildman–Crippen LogP) is 3.19. The third-order valence-corrected chi connectivity index (χ3v) is 5.14. The molecule has 2 heterocycles. The summed E-state index contributed by atoms with van der Waals surface area (Å²) in [7, 11) is 0. The molecule has 1 N–H and O–H groups in total. The molecule has 1 aromatic heterocycles. The quantitative estimate of drug-likeness (QED) is 0.918. The van der Waals surface area contributed by atoms with E-state index in [9.17, 15) is 4.79 Å². The first-order chi connectivity index (χ1) is 11.3. The van der Waals surface area contributed by atoms with Gasteiger partial charge in [-0.2, -0.15) is 5.26 Å². The van der Waals surface area contributed by atoms with Crippen LogP contribution in [-0.2, 0) is 0 Å². The second-order valence-electron chi connectivity index (χ2n) is 5.68. The van der Waals surface area contributed by atoms with Gasteiger partial charge in [0.2, 0.25) is 0 Å². The summed E-state index contributed by atoms with van der Waals surface area (Å²) in [6.07, 6.45) is 2.44. The van der Waals surface area contributed by atoms with Gasteiger partial charge in [0.1, 0.15) is 0 Å². The van der Waals surface area contributed by atoms with Crippen LogP contribution in [0, 0.1) is 11.3 Å². The fourth-order valence-corrected chi connectivity index (χ4v) is 3.83. The first-order valence-corrected chi connectivity index (χ1v) is 8.72.